The van der Waals surface area contributed by atoms with Gasteiger partial charge in [-0.25, -0.2) is 9.78 Å². The molecule has 1 heterocycles. The third kappa shape index (κ3) is 2.75. The van der Waals surface area contributed by atoms with Crippen LogP contribution in [0, 0.1) is 0 Å². The SMILES string of the molecule is CCOC(=O)c1nc(CBr)sc1Br. The van der Waals surface area contributed by atoms with Crippen LogP contribution >= 0.6 is 43.2 Å². The maximum Gasteiger partial charge on any atom is 0.359 e. The van der Waals surface area contributed by atoms with Gasteiger partial charge in [0.1, 0.15) is 8.79 Å². The molecule has 0 saturated heterocycles. The number of thiazole rings is 1. The second-order valence-corrected chi connectivity index (χ2v) is 5.05. The summed E-state index contributed by atoms with van der Waals surface area (Å²) >= 11 is 7.96. The molecule has 3 nitrogen and oxygen atoms in total. The first-order valence-electron chi connectivity index (χ1n) is 3.57. The molecule has 0 aliphatic carbocycles. The second-order valence-electron chi connectivity index (χ2n) is 2.08. The zero-order chi connectivity index (χ0) is 9.84. The molecular formula is C7H7Br2NO2S. The van der Waals surface area contributed by atoms with Gasteiger partial charge in [-0.2, -0.15) is 0 Å². The van der Waals surface area contributed by atoms with E-state index in [1.807, 2.05) is 0 Å². The van der Waals surface area contributed by atoms with Gasteiger partial charge in [0.2, 0.25) is 0 Å². The Morgan fingerprint density at radius 1 is 1.69 bits per heavy atom. The number of aromatic nitrogens is 1. The number of esters is 1. The molecule has 0 unspecified atom stereocenters. The van der Waals surface area contributed by atoms with Gasteiger partial charge in [-0.3, -0.25) is 0 Å². The smallest absolute Gasteiger partial charge is 0.359 e. The van der Waals surface area contributed by atoms with Crippen LogP contribution in [0.2, 0.25) is 0 Å². The molecule has 6 heteroatoms. The van der Waals surface area contributed by atoms with Gasteiger partial charge >= 0.3 is 5.97 Å². The van der Waals surface area contributed by atoms with E-state index in [1.54, 1.807) is 6.92 Å². The van der Waals surface area contributed by atoms with Crippen molar-refractivity contribution in [3.8, 4) is 0 Å². The average molecular weight is 329 g/mol. The summed E-state index contributed by atoms with van der Waals surface area (Å²) in [6, 6.07) is 0. The van der Waals surface area contributed by atoms with Crippen molar-refractivity contribution in [1.82, 2.24) is 4.98 Å². The van der Waals surface area contributed by atoms with Crippen LogP contribution in [0.5, 0.6) is 0 Å². The lowest BCUT2D eigenvalue weighted by Crippen LogP contribution is -2.05. The number of halogens is 2. The van der Waals surface area contributed by atoms with Crippen LogP contribution in [0.1, 0.15) is 22.4 Å². The number of alkyl halides is 1. The zero-order valence-corrected chi connectivity index (χ0v) is 10.8. The van der Waals surface area contributed by atoms with E-state index in [4.69, 9.17) is 4.74 Å². The topological polar surface area (TPSA) is 39.2 Å². The summed E-state index contributed by atoms with van der Waals surface area (Å²) in [7, 11) is 0. The van der Waals surface area contributed by atoms with Crippen molar-refractivity contribution in [2.75, 3.05) is 6.61 Å². The molecule has 0 N–H and O–H groups in total. The Morgan fingerprint density at radius 3 is 2.85 bits per heavy atom. The van der Waals surface area contributed by atoms with Gasteiger partial charge in [0.15, 0.2) is 5.69 Å². The van der Waals surface area contributed by atoms with Crippen LogP contribution in [0.25, 0.3) is 0 Å². The molecular weight excluding hydrogens is 322 g/mol. The van der Waals surface area contributed by atoms with Gasteiger partial charge in [0, 0.05) is 0 Å². The summed E-state index contributed by atoms with van der Waals surface area (Å²) in [5, 5.41) is 1.50. The molecule has 1 aromatic heterocycles. The van der Waals surface area contributed by atoms with Crippen LogP contribution in [0.3, 0.4) is 0 Å². The monoisotopic (exact) mass is 327 g/mol. The first-order chi connectivity index (χ1) is 6.19. The summed E-state index contributed by atoms with van der Waals surface area (Å²) in [6.07, 6.45) is 0. The molecule has 13 heavy (non-hydrogen) atoms. The maximum atomic E-state index is 11.3. The number of ether oxygens (including phenoxy) is 1. The molecule has 0 aliphatic rings. The fraction of sp³-hybridized carbons (Fsp3) is 0.429. The molecule has 0 bridgehead atoms. The molecule has 1 rings (SSSR count). The highest BCUT2D eigenvalue weighted by Gasteiger charge is 2.16. The summed E-state index contributed by atoms with van der Waals surface area (Å²) in [6.45, 7) is 2.13. The van der Waals surface area contributed by atoms with E-state index < -0.39 is 0 Å². The lowest BCUT2D eigenvalue weighted by atomic mass is 10.5. The quantitative estimate of drug-likeness (QED) is 0.632. The molecule has 0 saturated carbocycles. The van der Waals surface area contributed by atoms with Crippen molar-refractivity contribution >= 4 is 49.2 Å². The van der Waals surface area contributed by atoms with Gasteiger partial charge in [-0.15, -0.1) is 11.3 Å². The first-order valence-corrected chi connectivity index (χ1v) is 6.30. The van der Waals surface area contributed by atoms with Crippen molar-refractivity contribution in [2.24, 2.45) is 0 Å². The minimum absolute atomic E-state index is 0.362. The van der Waals surface area contributed by atoms with E-state index >= 15 is 0 Å². The Bertz CT molecular complexity index is 313. The Morgan fingerprint density at radius 2 is 2.38 bits per heavy atom. The largest absolute Gasteiger partial charge is 0.461 e. The third-order valence-electron chi connectivity index (χ3n) is 1.21. The first kappa shape index (κ1) is 11.1. The van der Waals surface area contributed by atoms with Gasteiger partial charge in [0.25, 0.3) is 0 Å². The number of hydrogen-bond acceptors (Lipinski definition) is 4. The second kappa shape index (κ2) is 5.07. The fourth-order valence-electron chi connectivity index (χ4n) is 0.726. The molecule has 72 valence electrons. The number of rotatable bonds is 3. The van der Waals surface area contributed by atoms with Crippen molar-refractivity contribution in [2.45, 2.75) is 12.3 Å². The van der Waals surface area contributed by atoms with Gasteiger partial charge in [-0.05, 0) is 22.9 Å². The maximum absolute atomic E-state index is 11.3. The molecule has 0 spiro atoms. The van der Waals surface area contributed by atoms with Crippen LogP contribution in [-0.4, -0.2) is 17.6 Å². The molecule has 0 radical (unpaired) electrons. The molecule has 0 amide bonds. The van der Waals surface area contributed by atoms with Gasteiger partial charge < -0.3 is 4.74 Å². The average Bonchev–Trinajstić information content (AvgIpc) is 2.47. The lowest BCUT2D eigenvalue weighted by Gasteiger charge is -1.96. The van der Waals surface area contributed by atoms with Gasteiger partial charge in [-0.1, -0.05) is 15.9 Å². The van der Waals surface area contributed by atoms with E-state index in [0.29, 0.717) is 17.6 Å². The predicted octanol–water partition coefficient (Wildman–Crippen LogP) is 2.98. The predicted molar refractivity (Wildman–Crippen MR) is 58.4 cm³/mol. The highest BCUT2D eigenvalue weighted by Crippen LogP contribution is 2.26. The highest BCUT2D eigenvalue weighted by atomic mass is 79.9. The Labute approximate surface area is 96.8 Å². The molecule has 0 atom stereocenters. The minimum Gasteiger partial charge on any atom is -0.461 e. The lowest BCUT2D eigenvalue weighted by molar-refractivity contribution is 0.0519. The van der Waals surface area contributed by atoms with Crippen LogP contribution in [0.4, 0.5) is 0 Å². The van der Waals surface area contributed by atoms with E-state index in [2.05, 4.69) is 36.8 Å². The number of carbonyl (C=O) groups excluding carboxylic acids is 1. The fourth-order valence-corrected chi connectivity index (χ4v) is 2.63. The molecule has 0 aliphatic heterocycles. The van der Waals surface area contributed by atoms with Crippen LogP contribution in [-0.2, 0) is 10.1 Å². The van der Waals surface area contributed by atoms with Crippen LogP contribution in [0.15, 0.2) is 3.79 Å². The van der Waals surface area contributed by atoms with E-state index in [-0.39, 0.29) is 5.97 Å². The Balaban J connectivity index is 2.87. The number of hydrogen-bond donors (Lipinski definition) is 0. The summed E-state index contributed by atoms with van der Waals surface area (Å²) in [5.74, 6) is -0.377. The Kier molecular flexibility index (Phi) is 4.34. The Hall–Kier alpha value is 0.0600. The molecule has 1 aromatic rings. The van der Waals surface area contributed by atoms with Crippen molar-refractivity contribution < 1.29 is 9.53 Å². The summed E-state index contributed by atoms with van der Waals surface area (Å²) in [5.41, 5.74) is 0.362. The van der Waals surface area contributed by atoms with Crippen molar-refractivity contribution in [3.63, 3.8) is 0 Å². The zero-order valence-electron chi connectivity index (χ0n) is 6.84. The standard InChI is InChI=1S/C7H7Br2NO2S/c1-2-12-7(11)5-6(9)13-4(3-8)10-5/h2-3H2,1H3. The van der Waals surface area contributed by atoms with E-state index in [1.165, 1.54) is 11.3 Å². The molecule has 0 fully saturated rings. The highest BCUT2D eigenvalue weighted by molar-refractivity contribution is 9.11. The minimum atomic E-state index is -0.377. The van der Waals surface area contributed by atoms with Crippen LogP contribution < -0.4 is 0 Å². The number of carbonyl (C=O) groups is 1. The van der Waals surface area contributed by atoms with Crippen molar-refractivity contribution in [3.05, 3.63) is 14.5 Å². The van der Waals surface area contributed by atoms with Gasteiger partial charge in [0.05, 0.1) is 11.9 Å². The van der Waals surface area contributed by atoms with Crippen molar-refractivity contribution in [1.29, 1.82) is 0 Å². The van der Waals surface area contributed by atoms with E-state index in [0.717, 1.165) is 8.79 Å². The summed E-state index contributed by atoms with van der Waals surface area (Å²) in [4.78, 5) is 15.4. The summed E-state index contributed by atoms with van der Waals surface area (Å²) < 4.78 is 5.55. The third-order valence-corrected chi connectivity index (χ3v) is 3.82. The molecule has 0 aromatic carbocycles. The normalized spacial score (nSPS) is 10.1. The number of nitrogens with zero attached hydrogens (tertiary/aromatic N) is 1. The van der Waals surface area contributed by atoms with E-state index in [9.17, 15) is 4.79 Å².